The fraction of sp³-hybridized carbons (Fsp3) is 0.400. The zero-order valence-corrected chi connectivity index (χ0v) is 13.5. The average Bonchev–Trinajstić information content (AvgIpc) is 2.52. The van der Waals surface area contributed by atoms with Crippen LogP contribution in [0.25, 0.3) is 0 Å². The molecule has 0 atom stereocenters. The van der Waals surface area contributed by atoms with Gasteiger partial charge in [-0.05, 0) is 31.2 Å². The van der Waals surface area contributed by atoms with Gasteiger partial charge in [-0.15, -0.1) is 0 Å². The van der Waals surface area contributed by atoms with E-state index in [9.17, 15) is 40.7 Å². The minimum Gasteiger partial charge on any atom is -0.481 e. The zero-order chi connectivity index (χ0) is 21.0. The quantitative estimate of drug-likeness (QED) is 0.580. The Balaban J connectivity index is 3.24. The van der Waals surface area contributed by atoms with E-state index in [1.807, 2.05) is 0 Å². The molecule has 27 heavy (non-hydrogen) atoms. The van der Waals surface area contributed by atoms with Crippen molar-refractivity contribution >= 4 is 17.9 Å². The van der Waals surface area contributed by atoms with Crippen LogP contribution in [-0.2, 0) is 14.3 Å². The highest BCUT2D eigenvalue weighted by atomic mass is 19.4. The Hall–Kier alpha value is -2.79. The lowest BCUT2D eigenvalue weighted by Gasteiger charge is -2.35. The lowest BCUT2D eigenvalue weighted by Crippen LogP contribution is -2.60. The molecule has 0 aliphatic rings. The predicted molar refractivity (Wildman–Crippen MR) is 74.9 cm³/mol. The second-order valence-corrected chi connectivity index (χ2v) is 5.08. The molecule has 1 aromatic carbocycles. The van der Waals surface area contributed by atoms with Gasteiger partial charge in [-0.3, -0.25) is 4.79 Å². The Kier molecular flexibility index (Phi) is 6.46. The molecule has 1 aromatic rings. The monoisotopic (exact) mass is 402 g/mol. The van der Waals surface area contributed by atoms with Crippen LogP contribution in [0.2, 0.25) is 0 Å². The van der Waals surface area contributed by atoms with Crippen molar-refractivity contribution in [2.45, 2.75) is 31.3 Å². The second-order valence-electron chi connectivity index (χ2n) is 5.08. The molecule has 0 spiro atoms. The molecule has 0 aliphatic carbocycles. The Morgan fingerprint density at radius 3 is 1.63 bits per heavy atom. The largest absolute Gasteiger partial charge is 0.481 e. The average molecular weight is 402 g/mol. The third kappa shape index (κ3) is 4.89. The third-order valence-electron chi connectivity index (χ3n) is 3.21. The summed E-state index contributed by atoms with van der Waals surface area (Å²) in [4.78, 5) is 33.8. The van der Waals surface area contributed by atoms with Gasteiger partial charge >= 0.3 is 35.9 Å². The second kappa shape index (κ2) is 7.84. The van der Waals surface area contributed by atoms with Gasteiger partial charge in [0.25, 0.3) is 0 Å². The first-order chi connectivity index (χ1) is 12.2. The molecule has 0 radical (unpaired) electrons. The maximum absolute atomic E-state index is 13.0. The molecule has 0 aliphatic heterocycles. The fourth-order valence-corrected chi connectivity index (χ4v) is 1.90. The van der Waals surface area contributed by atoms with E-state index in [0.29, 0.717) is 0 Å². The van der Waals surface area contributed by atoms with E-state index >= 15 is 0 Å². The highest BCUT2D eigenvalue weighted by molar-refractivity contribution is 5.93. The van der Waals surface area contributed by atoms with E-state index in [-0.39, 0.29) is 12.2 Å². The summed E-state index contributed by atoms with van der Waals surface area (Å²) in [5, 5.41) is 8.46. The molecule has 6 nitrogen and oxygen atoms in total. The first-order valence-corrected chi connectivity index (χ1v) is 7.11. The van der Waals surface area contributed by atoms with E-state index in [4.69, 9.17) is 5.11 Å². The number of ether oxygens (including phenoxy) is 2. The van der Waals surface area contributed by atoms with Gasteiger partial charge in [-0.2, -0.15) is 26.3 Å². The summed E-state index contributed by atoms with van der Waals surface area (Å²) in [6.07, 6.45) is -15.1. The maximum atomic E-state index is 13.0. The smallest absolute Gasteiger partial charge is 0.438 e. The van der Waals surface area contributed by atoms with Gasteiger partial charge in [0.15, 0.2) is 0 Å². The van der Waals surface area contributed by atoms with Crippen LogP contribution in [0.5, 0.6) is 0 Å². The molecular weight excluding hydrogens is 390 g/mol. The van der Waals surface area contributed by atoms with Crippen molar-refractivity contribution in [3.63, 3.8) is 0 Å². The molecule has 0 bridgehead atoms. The van der Waals surface area contributed by atoms with Crippen molar-refractivity contribution in [2.24, 2.45) is 0 Å². The number of hydrogen-bond acceptors (Lipinski definition) is 5. The van der Waals surface area contributed by atoms with Crippen LogP contribution in [-0.4, -0.2) is 47.6 Å². The lowest BCUT2D eigenvalue weighted by atomic mass is 9.97. The third-order valence-corrected chi connectivity index (χ3v) is 3.21. The molecule has 1 N–H and O–H groups in total. The molecule has 150 valence electrons. The molecule has 0 saturated heterocycles. The topological polar surface area (TPSA) is 89.9 Å². The minimum absolute atomic E-state index is 0.0114. The first-order valence-electron chi connectivity index (χ1n) is 7.11. The minimum atomic E-state index is -6.25. The van der Waals surface area contributed by atoms with Gasteiger partial charge in [0.1, 0.15) is 6.42 Å². The summed E-state index contributed by atoms with van der Waals surface area (Å²) in [5.41, 5.74) is -6.11. The summed E-state index contributed by atoms with van der Waals surface area (Å²) >= 11 is 0. The number of carbonyl (C=O) groups excluding carboxylic acids is 2. The standard InChI is InChI=1S/C15H12F6O6/c1-2-26-11(24)8-3-5-9(6-4-8)12(25)27-13(7-10(22)23,14(16,17)18)15(19,20)21/h3-6H,2,7H2,1H3,(H,22,23). The summed E-state index contributed by atoms with van der Waals surface area (Å²) in [5.74, 6) is -5.38. The van der Waals surface area contributed by atoms with Crippen molar-refractivity contribution < 1.29 is 55.3 Å². The van der Waals surface area contributed by atoms with Gasteiger partial charge in [-0.1, -0.05) is 0 Å². The van der Waals surface area contributed by atoms with Gasteiger partial charge in [0, 0.05) is 0 Å². The molecule has 0 fully saturated rings. The van der Waals surface area contributed by atoms with Gasteiger partial charge in [0.2, 0.25) is 0 Å². The number of aliphatic carboxylic acids is 1. The van der Waals surface area contributed by atoms with E-state index in [1.54, 1.807) is 0 Å². The van der Waals surface area contributed by atoms with Crippen molar-refractivity contribution in [3.8, 4) is 0 Å². The van der Waals surface area contributed by atoms with Crippen LogP contribution in [0, 0.1) is 0 Å². The Morgan fingerprint density at radius 1 is 0.889 bits per heavy atom. The molecule has 0 unspecified atom stereocenters. The predicted octanol–water partition coefficient (Wildman–Crippen LogP) is 3.36. The highest BCUT2D eigenvalue weighted by Crippen LogP contribution is 2.48. The van der Waals surface area contributed by atoms with E-state index < -0.39 is 47.8 Å². The molecule has 1 rings (SSSR count). The number of halogens is 6. The number of carbonyl (C=O) groups is 3. The normalized spacial score (nSPS) is 12.4. The van der Waals surface area contributed by atoms with Crippen LogP contribution >= 0.6 is 0 Å². The van der Waals surface area contributed by atoms with Crippen LogP contribution < -0.4 is 0 Å². The van der Waals surface area contributed by atoms with Crippen LogP contribution in [0.1, 0.15) is 34.1 Å². The Labute approximate surface area is 147 Å². The number of carboxylic acids is 1. The number of hydrogen-bond donors (Lipinski definition) is 1. The van der Waals surface area contributed by atoms with Crippen LogP contribution in [0.3, 0.4) is 0 Å². The molecule has 0 saturated carbocycles. The number of carboxylic acid groups (broad SMARTS) is 1. The molecule has 12 heteroatoms. The van der Waals surface area contributed by atoms with Gasteiger partial charge in [-0.25, -0.2) is 9.59 Å². The summed E-state index contributed by atoms with van der Waals surface area (Å²) in [6, 6.07) is 3.34. The first kappa shape index (κ1) is 22.3. The fourth-order valence-electron chi connectivity index (χ4n) is 1.90. The van der Waals surface area contributed by atoms with Crippen molar-refractivity contribution in [3.05, 3.63) is 35.4 Å². The molecular formula is C15H12F6O6. The Bertz CT molecular complexity index is 693. The van der Waals surface area contributed by atoms with Crippen LogP contribution in [0.15, 0.2) is 24.3 Å². The molecule has 0 aromatic heterocycles. The number of esters is 2. The Morgan fingerprint density at radius 2 is 1.30 bits per heavy atom. The number of alkyl halides is 6. The number of rotatable bonds is 6. The summed E-state index contributed by atoms with van der Waals surface area (Å²) in [6.45, 7) is 1.51. The molecule has 0 heterocycles. The van der Waals surface area contributed by atoms with E-state index in [2.05, 4.69) is 9.47 Å². The zero-order valence-electron chi connectivity index (χ0n) is 13.5. The van der Waals surface area contributed by atoms with Gasteiger partial charge < -0.3 is 14.6 Å². The summed E-state index contributed by atoms with van der Waals surface area (Å²) in [7, 11) is 0. The van der Waals surface area contributed by atoms with Gasteiger partial charge in [0.05, 0.1) is 17.7 Å². The number of benzene rings is 1. The van der Waals surface area contributed by atoms with Crippen molar-refractivity contribution in [1.29, 1.82) is 0 Å². The SMILES string of the molecule is CCOC(=O)c1ccc(C(=O)OC(CC(=O)O)(C(F)(F)F)C(F)(F)F)cc1. The van der Waals surface area contributed by atoms with Crippen molar-refractivity contribution in [2.75, 3.05) is 6.61 Å². The maximum Gasteiger partial charge on any atom is 0.438 e. The van der Waals surface area contributed by atoms with Crippen LogP contribution in [0.4, 0.5) is 26.3 Å². The summed E-state index contributed by atoms with van der Waals surface area (Å²) < 4.78 is 86.5. The van der Waals surface area contributed by atoms with Crippen molar-refractivity contribution in [1.82, 2.24) is 0 Å². The van der Waals surface area contributed by atoms with E-state index in [0.717, 1.165) is 24.3 Å². The van der Waals surface area contributed by atoms with E-state index in [1.165, 1.54) is 6.92 Å². The molecule has 0 amide bonds. The highest BCUT2D eigenvalue weighted by Gasteiger charge is 2.75. The lowest BCUT2D eigenvalue weighted by molar-refractivity contribution is -0.365.